The van der Waals surface area contributed by atoms with Gasteiger partial charge in [0.05, 0.1) is 19.9 Å². The van der Waals surface area contributed by atoms with Crippen molar-refractivity contribution < 1.29 is 22.6 Å². The monoisotopic (exact) mass is 390 g/mol. The highest BCUT2D eigenvalue weighted by Crippen LogP contribution is 2.51. The van der Waals surface area contributed by atoms with Crippen LogP contribution in [0.3, 0.4) is 0 Å². The van der Waals surface area contributed by atoms with Gasteiger partial charge in [-0.3, -0.25) is 5.32 Å². The van der Waals surface area contributed by atoms with Crippen molar-refractivity contribution in [3.63, 3.8) is 0 Å². The number of para-hydroxylation sites is 1. The summed E-state index contributed by atoms with van der Waals surface area (Å²) in [6.45, 7) is 0.324. The molecule has 0 saturated carbocycles. The summed E-state index contributed by atoms with van der Waals surface area (Å²) in [6.07, 6.45) is -3.97. The largest absolute Gasteiger partial charge is 0.493 e. The Labute approximate surface area is 160 Å². The summed E-state index contributed by atoms with van der Waals surface area (Å²) in [7, 11) is 3.02. The van der Waals surface area contributed by atoms with Crippen molar-refractivity contribution in [2.24, 2.45) is 0 Å². The Bertz CT molecular complexity index is 1000. The molecule has 1 aliphatic heterocycles. The number of benzene rings is 2. The Balaban J connectivity index is 2.02. The molecule has 1 fully saturated rings. The molecule has 7 heteroatoms. The van der Waals surface area contributed by atoms with Crippen molar-refractivity contribution in [2.75, 3.05) is 20.8 Å². The summed E-state index contributed by atoms with van der Waals surface area (Å²) in [5.74, 6) is 0.985. The highest BCUT2D eigenvalue weighted by molar-refractivity contribution is 5.92. The number of alkyl halides is 3. The lowest BCUT2D eigenvalue weighted by Gasteiger charge is -2.33. The second kappa shape index (κ2) is 6.74. The zero-order valence-corrected chi connectivity index (χ0v) is 15.6. The van der Waals surface area contributed by atoms with E-state index in [1.54, 1.807) is 36.4 Å². The number of nitrogens with one attached hydrogen (secondary N) is 2. The third-order valence-electron chi connectivity index (χ3n) is 5.44. The van der Waals surface area contributed by atoms with Crippen LogP contribution in [0.25, 0.3) is 22.2 Å². The van der Waals surface area contributed by atoms with Gasteiger partial charge in [0, 0.05) is 22.0 Å². The van der Waals surface area contributed by atoms with Crippen molar-refractivity contribution in [2.45, 2.75) is 24.6 Å². The van der Waals surface area contributed by atoms with Crippen molar-refractivity contribution in [1.82, 2.24) is 10.3 Å². The minimum absolute atomic E-state index is 0.00135. The lowest BCUT2D eigenvalue weighted by atomic mass is 9.84. The van der Waals surface area contributed by atoms with E-state index in [9.17, 15) is 13.2 Å². The predicted octanol–water partition coefficient (Wildman–Crippen LogP) is 4.99. The van der Waals surface area contributed by atoms with Crippen LogP contribution in [0.4, 0.5) is 13.2 Å². The molecule has 1 saturated heterocycles. The maximum Gasteiger partial charge on any atom is 0.410 e. The minimum atomic E-state index is -4.43. The van der Waals surface area contributed by atoms with Crippen LogP contribution in [0.5, 0.6) is 11.5 Å². The van der Waals surface area contributed by atoms with Gasteiger partial charge in [-0.25, -0.2) is 0 Å². The molecule has 4 nitrogen and oxygen atoms in total. The average molecular weight is 390 g/mol. The van der Waals surface area contributed by atoms with Crippen LogP contribution < -0.4 is 14.8 Å². The van der Waals surface area contributed by atoms with Gasteiger partial charge in [0.25, 0.3) is 0 Å². The molecule has 28 heavy (non-hydrogen) atoms. The first-order valence-electron chi connectivity index (χ1n) is 9.06. The number of aromatic nitrogens is 1. The van der Waals surface area contributed by atoms with Gasteiger partial charge in [-0.1, -0.05) is 18.2 Å². The predicted molar refractivity (Wildman–Crippen MR) is 102 cm³/mol. The Hall–Kier alpha value is -2.67. The molecule has 2 heterocycles. The molecule has 0 spiro atoms. The fourth-order valence-electron chi connectivity index (χ4n) is 4.13. The van der Waals surface area contributed by atoms with Gasteiger partial charge >= 0.3 is 6.18 Å². The van der Waals surface area contributed by atoms with Crippen molar-refractivity contribution >= 4 is 10.9 Å². The quantitative estimate of drug-likeness (QED) is 0.660. The van der Waals surface area contributed by atoms with Gasteiger partial charge in [0.2, 0.25) is 0 Å². The highest BCUT2D eigenvalue weighted by atomic mass is 19.4. The second-order valence-corrected chi connectivity index (χ2v) is 6.92. The molecule has 0 bridgehead atoms. The summed E-state index contributed by atoms with van der Waals surface area (Å²) in [5, 5.41) is 3.33. The molecule has 0 radical (unpaired) electrons. The number of halogens is 3. The lowest BCUT2D eigenvalue weighted by molar-refractivity contribution is -0.195. The van der Waals surface area contributed by atoms with Crippen molar-refractivity contribution in [1.29, 1.82) is 0 Å². The number of aromatic amines is 1. The summed E-state index contributed by atoms with van der Waals surface area (Å²) in [4.78, 5) is 3.21. The molecule has 3 aromatic rings. The number of ether oxygens (including phenoxy) is 2. The maximum atomic E-state index is 14.3. The number of methoxy groups -OCH3 is 2. The smallest absolute Gasteiger partial charge is 0.410 e. The normalized spacial score (nSPS) is 19.9. The number of rotatable bonds is 4. The van der Waals surface area contributed by atoms with Gasteiger partial charge in [0.15, 0.2) is 11.5 Å². The lowest BCUT2D eigenvalue weighted by Crippen LogP contribution is -2.50. The topological polar surface area (TPSA) is 46.3 Å². The Kier molecular flexibility index (Phi) is 4.50. The fourth-order valence-corrected chi connectivity index (χ4v) is 4.13. The molecule has 2 N–H and O–H groups in total. The Morgan fingerprint density at radius 2 is 1.75 bits per heavy atom. The Morgan fingerprint density at radius 3 is 2.39 bits per heavy atom. The molecular weight excluding hydrogens is 369 g/mol. The summed E-state index contributed by atoms with van der Waals surface area (Å²) in [6, 6.07) is 12.2. The van der Waals surface area contributed by atoms with E-state index >= 15 is 0 Å². The average Bonchev–Trinajstić information content (AvgIpc) is 3.32. The van der Waals surface area contributed by atoms with E-state index in [4.69, 9.17) is 9.47 Å². The van der Waals surface area contributed by atoms with Gasteiger partial charge in [0.1, 0.15) is 5.54 Å². The molecule has 148 valence electrons. The minimum Gasteiger partial charge on any atom is -0.493 e. The fraction of sp³-hybridized carbons (Fsp3) is 0.333. The van der Waals surface area contributed by atoms with Gasteiger partial charge in [-0.05, 0) is 43.7 Å². The summed E-state index contributed by atoms with van der Waals surface area (Å²) < 4.78 is 53.7. The van der Waals surface area contributed by atoms with E-state index in [-0.39, 0.29) is 12.0 Å². The van der Waals surface area contributed by atoms with Crippen LogP contribution in [0.15, 0.2) is 42.5 Å². The SMILES string of the molecule is COc1ccc(-c2[nH]c3ccccc3c2C2(C(F)(F)F)CCCN2)cc1OC. The summed E-state index contributed by atoms with van der Waals surface area (Å²) >= 11 is 0. The first kappa shape index (κ1) is 18.7. The van der Waals surface area contributed by atoms with Crippen molar-refractivity contribution in [3.05, 3.63) is 48.0 Å². The molecule has 1 aromatic heterocycles. The van der Waals surface area contributed by atoms with Crippen molar-refractivity contribution in [3.8, 4) is 22.8 Å². The first-order chi connectivity index (χ1) is 13.4. The van der Waals surface area contributed by atoms with Crippen LogP contribution in [0.2, 0.25) is 0 Å². The molecule has 0 aliphatic carbocycles. The number of H-pyrrole nitrogens is 1. The van der Waals surface area contributed by atoms with E-state index in [1.807, 2.05) is 6.07 Å². The van der Waals surface area contributed by atoms with Crippen LogP contribution in [0, 0.1) is 0 Å². The van der Waals surface area contributed by atoms with Gasteiger partial charge in [-0.2, -0.15) is 13.2 Å². The first-order valence-corrected chi connectivity index (χ1v) is 9.06. The van der Waals surface area contributed by atoms with E-state index in [2.05, 4.69) is 10.3 Å². The van der Waals surface area contributed by atoms with Crippen LogP contribution >= 0.6 is 0 Å². The Morgan fingerprint density at radius 1 is 1.00 bits per heavy atom. The van der Waals surface area contributed by atoms with Crippen LogP contribution in [-0.2, 0) is 5.54 Å². The zero-order chi connectivity index (χ0) is 19.9. The van der Waals surface area contributed by atoms with E-state index < -0.39 is 11.7 Å². The van der Waals surface area contributed by atoms with E-state index in [0.717, 1.165) is 0 Å². The van der Waals surface area contributed by atoms with Gasteiger partial charge in [-0.15, -0.1) is 0 Å². The molecule has 1 aliphatic rings. The molecule has 1 atom stereocenters. The third kappa shape index (κ3) is 2.73. The van der Waals surface area contributed by atoms with E-state index in [0.29, 0.717) is 46.6 Å². The molecule has 2 aromatic carbocycles. The van der Waals surface area contributed by atoms with E-state index in [1.165, 1.54) is 14.2 Å². The number of hydrogen-bond acceptors (Lipinski definition) is 3. The summed E-state index contributed by atoms with van der Waals surface area (Å²) in [5.41, 5.74) is -0.135. The number of hydrogen-bond donors (Lipinski definition) is 2. The second-order valence-electron chi connectivity index (χ2n) is 6.92. The molecule has 4 rings (SSSR count). The zero-order valence-electron chi connectivity index (χ0n) is 15.6. The highest BCUT2D eigenvalue weighted by Gasteiger charge is 2.59. The molecule has 1 unspecified atom stereocenters. The number of fused-ring (bicyclic) bond motifs is 1. The standard InChI is InChI=1S/C21H21F3N2O2/c1-27-16-9-8-13(12-17(16)28-2)19-18(14-6-3-4-7-15(14)26-19)20(21(22,23)24)10-5-11-25-20/h3-4,6-9,12,25-26H,5,10-11H2,1-2H3. The van der Waals surface area contributed by atoms with Gasteiger partial charge < -0.3 is 14.5 Å². The molecule has 0 amide bonds. The third-order valence-corrected chi connectivity index (χ3v) is 5.44. The molecular formula is C21H21F3N2O2. The maximum absolute atomic E-state index is 14.3. The van der Waals surface area contributed by atoms with Crippen LogP contribution in [0.1, 0.15) is 18.4 Å². The van der Waals surface area contributed by atoms with Crippen LogP contribution in [-0.4, -0.2) is 31.9 Å².